The number of hydrogen-bond donors (Lipinski definition) is 1. The Morgan fingerprint density at radius 1 is 1.00 bits per heavy atom. The van der Waals surface area contributed by atoms with Gasteiger partial charge < -0.3 is 14.6 Å². The van der Waals surface area contributed by atoms with Gasteiger partial charge in [-0.1, -0.05) is 0 Å². The lowest BCUT2D eigenvalue weighted by Crippen LogP contribution is -2.23. The summed E-state index contributed by atoms with van der Waals surface area (Å²) in [4.78, 5) is 34.4. The van der Waals surface area contributed by atoms with Crippen LogP contribution in [-0.2, 0) is 23.9 Å². The Hall–Kier alpha value is -1.95. The van der Waals surface area contributed by atoms with Gasteiger partial charge in [0.2, 0.25) is 0 Å². The van der Waals surface area contributed by atoms with Crippen LogP contribution >= 0.6 is 0 Å². The summed E-state index contributed by atoms with van der Waals surface area (Å²) in [7, 11) is 0. The summed E-state index contributed by atoms with van der Waals surface area (Å²) in [6.45, 7) is 3.08. The fourth-order valence-electron chi connectivity index (χ4n) is 1.55. The van der Waals surface area contributed by atoms with Crippen LogP contribution in [0.4, 0.5) is 0 Å². The van der Waals surface area contributed by atoms with E-state index in [4.69, 9.17) is 9.47 Å². The van der Waals surface area contributed by atoms with E-state index in [1.54, 1.807) is 6.92 Å². The SMILES string of the molecule is C[C@H]1CC[C@@H](O)/C=C/C(=O)O[C@H](C)C(=O)/C=C/C(=O)O1. The molecule has 0 spiro atoms. The third-order valence-electron chi connectivity index (χ3n) is 2.72. The van der Waals surface area contributed by atoms with Crippen molar-refractivity contribution in [1.29, 1.82) is 0 Å². The number of aliphatic hydroxyl groups is 1. The largest absolute Gasteiger partial charge is 0.460 e. The predicted octanol–water partition coefficient (Wildman–Crippen LogP) is 0.686. The second-order valence-electron chi connectivity index (χ2n) is 4.57. The van der Waals surface area contributed by atoms with Crippen LogP contribution in [0, 0.1) is 0 Å². The van der Waals surface area contributed by atoms with Crippen LogP contribution in [0.25, 0.3) is 0 Å². The Morgan fingerprint density at radius 2 is 1.65 bits per heavy atom. The summed E-state index contributed by atoms with van der Waals surface area (Å²) in [6.07, 6.45) is 2.94. The third-order valence-corrected chi connectivity index (χ3v) is 2.72. The zero-order chi connectivity index (χ0) is 15.1. The number of ketones is 1. The number of hydrogen-bond acceptors (Lipinski definition) is 6. The lowest BCUT2D eigenvalue weighted by molar-refractivity contribution is -0.147. The fraction of sp³-hybridized carbons (Fsp3) is 0.500. The van der Waals surface area contributed by atoms with E-state index < -0.39 is 36.0 Å². The first-order valence-electron chi connectivity index (χ1n) is 6.38. The van der Waals surface area contributed by atoms with Gasteiger partial charge in [-0.05, 0) is 38.8 Å². The Balaban J connectivity index is 2.82. The number of esters is 2. The van der Waals surface area contributed by atoms with E-state index in [-0.39, 0.29) is 0 Å². The van der Waals surface area contributed by atoms with Gasteiger partial charge in [-0.3, -0.25) is 4.79 Å². The second kappa shape index (κ2) is 7.59. The molecule has 1 N–H and O–H groups in total. The zero-order valence-corrected chi connectivity index (χ0v) is 11.4. The maximum atomic E-state index is 11.6. The Kier molecular flexibility index (Phi) is 6.11. The van der Waals surface area contributed by atoms with Gasteiger partial charge in [-0.25, -0.2) is 9.59 Å². The van der Waals surface area contributed by atoms with Crippen LogP contribution in [-0.4, -0.2) is 41.1 Å². The van der Waals surface area contributed by atoms with E-state index in [0.717, 1.165) is 18.2 Å². The molecule has 0 bridgehead atoms. The number of ether oxygens (including phenoxy) is 2. The van der Waals surface area contributed by atoms with E-state index >= 15 is 0 Å². The molecular formula is C14H18O6. The molecule has 0 aromatic carbocycles. The first-order chi connectivity index (χ1) is 9.38. The number of cyclic esters (lactones) is 2. The Morgan fingerprint density at radius 3 is 2.35 bits per heavy atom. The van der Waals surface area contributed by atoms with E-state index in [1.165, 1.54) is 13.0 Å². The summed E-state index contributed by atoms with van der Waals surface area (Å²) < 4.78 is 9.85. The van der Waals surface area contributed by atoms with Crippen molar-refractivity contribution in [3.8, 4) is 0 Å². The minimum Gasteiger partial charge on any atom is -0.460 e. The summed E-state index contributed by atoms with van der Waals surface area (Å²) in [5.74, 6) is -1.88. The number of carbonyl (C=O) groups is 3. The van der Waals surface area contributed by atoms with Crippen molar-refractivity contribution < 1.29 is 29.0 Å². The van der Waals surface area contributed by atoms with Gasteiger partial charge >= 0.3 is 11.9 Å². The summed E-state index contributed by atoms with van der Waals surface area (Å²) >= 11 is 0. The third kappa shape index (κ3) is 5.79. The molecule has 0 amide bonds. The summed E-state index contributed by atoms with van der Waals surface area (Å²) in [5.41, 5.74) is 0. The molecule has 0 aromatic rings. The van der Waals surface area contributed by atoms with Gasteiger partial charge in [0.05, 0.1) is 12.2 Å². The molecule has 0 saturated carbocycles. The molecule has 0 fully saturated rings. The minimum absolute atomic E-state index is 0.344. The highest BCUT2D eigenvalue weighted by atomic mass is 16.5. The van der Waals surface area contributed by atoms with Gasteiger partial charge in [0.1, 0.15) is 0 Å². The second-order valence-corrected chi connectivity index (χ2v) is 4.57. The molecule has 0 aromatic heterocycles. The maximum Gasteiger partial charge on any atom is 0.331 e. The smallest absolute Gasteiger partial charge is 0.331 e. The summed E-state index contributed by atoms with van der Waals surface area (Å²) in [6, 6.07) is 0. The van der Waals surface area contributed by atoms with Gasteiger partial charge in [0.15, 0.2) is 11.9 Å². The fourth-order valence-corrected chi connectivity index (χ4v) is 1.55. The van der Waals surface area contributed by atoms with Gasteiger partial charge in [-0.2, -0.15) is 0 Å². The molecule has 1 aliphatic heterocycles. The first kappa shape index (κ1) is 16.1. The predicted molar refractivity (Wildman–Crippen MR) is 69.6 cm³/mol. The highest BCUT2D eigenvalue weighted by Gasteiger charge is 2.16. The maximum absolute atomic E-state index is 11.6. The Labute approximate surface area is 117 Å². The molecule has 1 aliphatic rings. The van der Waals surface area contributed by atoms with Crippen molar-refractivity contribution in [2.75, 3.05) is 0 Å². The van der Waals surface area contributed by atoms with Crippen molar-refractivity contribution in [2.45, 2.75) is 45.0 Å². The zero-order valence-electron chi connectivity index (χ0n) is 11.4. The van der Waals surface area contributed by atoms with Gasteiger partial charge in [0, 0.05) is 12.2 Å². The highest BCUT2D eigenvalue weighted by Crippen LogP contribution is 2.08. The average molecular weight is 282 g/mol. The number of carbonyl (C=O) groups excluding carboxylic acids is 3. The lowest BCUT2D eigenvalue weighted by atomic mass is 10.1. The van der Waals surface area contributed by atoms with Crippen LogP contribution in [0.5, 0.6) is 0 Å². The normalized spacial score (nSPS) is 32.8. The molecule has 0 radical (unpaired) electrons. The van der Waals surface area contributed by atoms with Crippen LogP contribution in [0.2, 0.25) is 0 Å². The Bertz CT molecular complexity index is 437. The van der Waals surface area contributed by atoms with E-state index in [9.17, 15) is 19.5 Å². The van der Waals surface area contributed by atoms with Crippen molar-refractivity contribution >= 4 is 17.7 Å². The van der Waals surface area contributed by atoms with Crippen LogP contribution in [0.15, 0.2) is 24.3 Å². The van der Waals surface area contributed by atoms with E-state index in [2.05, 4.69) is 0 Å². The van der Waals surface area contributed by atoms with Crippen LogP contribution in [0.3, 0.4) is 0 Å². The molecule has 0 unspecified atom stereocenters. The molecule has 6 nitrogen and oxygen atoms in total. The van der Waals surface area contributed by atoms with Crippen molar-refractivity contribution in [2.24, 2.45) is 0 Å². The molecule has 20 heavy (non-hydrogen) atoms. The van der Waals surface area contributed by atoms with Crippen LogP contribution in [0.1, 0.15) is 26.7 Å². The van der Waals surface area contributed by atoms with Gasteiger partial charge in [-0.15, -0.1) is 0 Å². The quantitative estimate of drug-likeness (QED) is 0.657. The van der Waals surface area contributed by atoms with Crippen molar-refractivity contribution in [3.63, 3.8) is 0 Å². The lowest BCUT2D eigenvalue weighted by Gasteiger charge is -2.14. The first-order valence-corrected chi connectivity index (χ1v) is 6.38. The molecule has 6 heteroatoms. The standard InChI is InChI=1S/C14H18O6/c1-9-3-4-11(15)5-7-14(18)20-10(2)12(16)6-8-13(17)19-9/h5-11,15H,3-4H2,1-2H3/b7-5+,8-6+/t9-,10+,11+/m0/s1. The van der Waals surface area contributed by atoms with Crippen molar-refractivity contribution in [1.82, 2.24) is 0 Å². The molecule has 0 saturated heterocycles. The molecule has 0 aliphatic carbocycles. The summed E-state index contributed by atoms with van der Waals surface area (Å²) in [5, 5.41) is 9.62. The number of aliphatic hydroxyl groups excluding tert-OH is 1. The van der Waals surface area contributed by atoms with Crippen molar-refractivity contribution in [3.05, 3.63) is 24.3 Å². The number of rotatable bonds is 0. The van der Waals surface area contributed by atoms with Gasteiger partial charge in [0.25, 0.3) is 0 Å². The molecule has 1 heterocycles. The molecular weight excluding hydrogens is 264 g/mol. The molecule has 110 valence electrons. The van der Waals surface area contributed by atoms with E-state index in [1.807, 2.05) is 0 Å². The van der Waals surface area contributed by atoms with E-state index in [0.29, 0.717) is 12.8 Å². The average Bonchev–Trinajstić information content (AvgIpc) is 2.39. The topological polar surface area (TPSA) is 89.9 Å². The molecule has 3 atom stereocenters. The van der Waals surface area contributed by atoms with Crippen LogP contribution < -0.4 is 0 Å². The monoisotopic (exact) mass is 282 g/mol. The molecule has 1 rings (SSSR count). The highest BCUT2D eigenvalue weighted by molar-refractivity contribution is 5.99. The minimum atomic E-state index is -1.01.